The van der Waals surface area contributed by atoms with Gasteiger partial charge in [-0.25, -0.2) is 13.2 Å². The van der Waals surface area contributed by atoms with E-state index in [0.717, 1.165) is 0 Å². The number of hydrogen-bond donors (Lipinski definition) is 4. The Morgan fingerprint density at radius 2 is 1.82 bits per heavy atom. The van der Waals surface area contributed by atoms with Gasteiger partial charge < -0.3 is 30.1 Å². The Hall–Kier alpha value is -3.38. The van der Waals surface area contributed by atoms with E-state index in [9.17, 15) is 42.9 Å². The second kappa shape index (κ2) is 7.57. The maximum atomic E-state index is 14.0. The average molecular weight is 479 g/mol. The first-order chi connectivity index (χ1) is 16.1. The van der Waals surface area contributed by atoms with Gasteiger partial charge in [-0.05, 0) is 19.3 Å². The summed E-state index contributed by atoms with van der Waals surface area (Å²) in [6.07, 6.45) is -1.74. The van der Waals surface area contributed by atoms with E-state index < -0.39 is 81.6 Å². The van der Waals surface area contributed by atoms with Crippen LogP contribution in [0.5, 0.6) is 5.75 Å². The summed E-state index contributed by atoms with van der Waals surface area (Å²) in [5, 5.41) is 34.7. The van der Waals surface area contributed by atoms with Crippen molar-refractivity contribution in [1.29, 1.82) is 0 Å². The highest BCUT2D eigenvalue weighted by Gasteiger charge is 2.59. The minimum absolute atomic E-state index is 0.0133. The van der Waals surface area contributed by atoms with Crippen molar-refractivity contribution in [2.24, 2.45) is 0 Å². The molecule has 1 fully saturated rings. The number of aliphatic hydroxyl groups is 2. The maximum absolute atomic E-state index is 14.0. The van der Waals surface area contributed by atoms with E-state index in [1.807, 2.05) is 0 Å². The highest BCUT2D eigenvalue weighted by Crippen LogP contribution is 2.49. The number of pyridine rings is 1. The molecule has 0 radical (unpaired) electrons. The van der Waals surface area contributed by atoms with Crippen LogP contribution in [-0.4, -0.2) is 55.8 Å². The number of aliphatic hydroxyl groups excluding tert-OH is 2. The van der Waals surface area contributed by atoms with Crippen molar-refractivity contribution < 1.29 is 38.1 Å². The van der Waals surface area contributed by atoms with Crippen LogP contribution >= 0.6 is 0 Å². The number of hydrogen-bond acceptors (Lipinski definition) is 6. The zero-order valence-corrected chi connectivity index (χ0v) is 17.6. The molecule has 1 spiro atoms. The summed E-state index contributed by atoms with van der Waals surface area (Å²) in [6, 6.07) is 0.855. The fourth-order valence-corrected chi connectivity index (χ4v) is 5.38. The molecule has 2 bridgehead atoms. The van der Waals surface area contributed by atoms with Crippen LogP contribution in [0.4, 0.5) is 13.2 Å². The molecule has 3 atom stereocenters. The number of fused-ring (bicyclic) bond motifs is 1. The predicted molar refractivity (Wildman–Crippen MR) is 109 cm³/mol. The van der Waals surface area contributed by atoms with E-state index in [0.29, 0.717) is 37.9 Å². The molecule has 3 aliphatic rings. The van der Waals surface area contributed by atoms with Crippen LogP contribution in [0.2, 0.25) is 0 Å². The van der Waals surface area contributed by atoms with E-state index in [4.69, 9.17) is 0 Å². The molecule has 1 aromatic carbocycles. The summed E-state index contributed by atoms with van der Waals surface area (Å²) < 4.78 is 42.3. The van der Waals surface area contributed by atoms with Crippen LogP contribution in [0.1, 0.15) is 57.5 Å². The zero-order valence-electron chi connectivity index (χ0n) is 17.6. The number of rotatable bonds is 3. The lowest BCUT2D eigenvalue weighted by molar-refractivity contribution is -0.0431. The molecule has 2 amide bonds. The predicted octanol–water partition coefficient (Wildman–Crippen LogP) is 0.644. The molecule has 0 aliphatic carbocycles. The number of nitrogens with zero attached hydrogens (tertiary/aromatic N) is 2. The molecule has 1 aromatic heterocycles. The fourth-order valence-electron chi connectivity index (χ4n) is 5.38. The third-order valence-corrected chi connectivity index (χ3v) is 6.96. The Morgan fingerprint density at radius 3 is 2.50 bits per heavy atom. The lowest BCUT2D eigenvalue weighted by Crippen LogP contribution is -2.56. The van der Waals surface area contributed by atoms with Crippen LogP contribution in [0, 0.1) is 17.5 Å². The highest BCUT2D eigenvalue weighted by molar-refractivity contribution is 6.00. The van der Waals surface area contributed by atoms with Crippen LogP contribution in [0.25, 0.3) is 0 Å². The second-order valence-corrected chi connectivity index (χ2v) is 8.83. The summed E-state index contributed by atoms with van der Waals surface area (Å²) in [4.78, 5) is 40.4. The van der Waals surface area contributed by atoms with Crippen LogP contribution in [-0.2, 0) is 12.1 Å². The van der Waals surface area contributed by atoms with E-state index in [1.165, 1.54) is 9.47 Å². The molecule has 2 aromatic rings. The monoisotopic (exact) mass is 479 g/mol. The van der Waals surface area contributed by atoms with Crippen molar-refractivity contribution in [3.63, 3.8) is 0 Å². The lowest BCUT2D eigenvalue weighted by atomic mass is 9.86. The van der Waals surface area contributed by atoms with Gasteiger partial charge in [0.05, 0.1) is 11.2 Å². The third-order valence-electron chi connectivity index (χ3n) is 6.96. The fraction of sp³-hybridized carbons (Fsp3) is 0.409. The standard InChI is InChI=1S/C22H20F3N3O6/c23-9-5-11(24)10(12(25)6-9)7-26-20(33)13-14-18(31)19(32)22-3-1-2-4-27(8-22)21(34)15(28(14)22)17(30)16(13)29/h5-6,18-19,30-32H,1-4,7-8H2,(H,26,33)/t18-,19+,22+/m0/s1. The van der Waals surface area contributed by atoms with Gasteiger partial charge in [0.2, 0.25) is 5.43 Å². The molecule has 3 aliphatic heterocycles. The quantitative estimate of drug-likeness (QED) is 0.511. The molecule has 4 N–H and O–H groups in total. The van der Waals surface area contributed by atoms with Crippen molar-refractivity contribution >= 4 is 11.8 Å². The topological polar surface area (TPSA) is 132 Å². The van der Waals surface area contributed by atoms with Crippen LogP contribution in [0.15, 0.2) is 16.9 Å². The molecular formula is C22H20F3N3O6. The van der Waals surface area contributed by atoms with Crippen molar-refractivity contribution in [3.05, 3.63) is 62.3 Å². The molecule has 9 nitrogen and oxygen atoms in total. The van der Waals surface area contributed by atoms with Gasteiger partial charge >= 0.3 is 0 Å². The van der Waals surface area contributed by atoms with Gasteiger partial charge in [-0.1, -0.05) is 0 Å². The first-order valence-electron chi connectivity index (χ1n) is 10.7. The molecule has 0 unspecified atom stereocenters. The summed E-state index contributed by atoms with van der Waals surface area (Å²) >= 11 is 0. The third kappa shape index (κ3) is 2.91. The average Bonchev–Trinajstić information content (AvgIpc) is 2.92. The molecule has 0 saturated carbocycles. The van der Waals surface area contributed by atoms with Crippen molar-refractivity contribution in [3.8, 4) is 5.75 Å². The number of aromatic nitrogens is 1. The molecule has 34 heavy (non-hydrogen) atoms. The number of carbonyl (C=O) groups is 2. The van der Waals surface area contributed by atoms with Gasteiger partial charge in [0.25, 0.3) is 11.8 Å². The Labute approximate surface area is 190 Å². The first kappa shape index (κ1) is 22.4. The van der Waals surface area contributed by atoms with Crippen LogP contribution < -0.4 is 10.7 Å². The Morgan fingerprint density at radius 1 is 1.15 bits per heavy atom. The smallest absolute Gasteiger partial charge is 0.274 e. The number of nitrogens with one attached hydrogen (secondary N) is 1. The van der Waals surface area contributed by atoms with Crippen LogP contribution in [0.3, 0.4) is 0 Å². The molecule has 1 saturated heterocycles. The largest absolute Gasteiger partial charge is 0.503 e. The van der Waals surface area contributed by atoms with E-state index in [2.05, 4.69) is 5.32 Å². The van der Waals surface area contributed by atoms with E-state index in [-0.39, 0.29) is 12.2 Å². The minimum Gasteiger partial charge on any atom is -0.503 e. The molecule has 4 heterocycles. The van der Waals surface area contributed by atoms with Crippen molar-refractivity contribution in [2.45, 2.75) is 43.6 Å². The Bertz CT molecular complexity index is 1290. The number of halogens is 3. The van der Waals surface area contributed by atoms with Gasteiger partial charge in [-0.15, -0.1) is 0 Å². The number of carbonyl (C=O) groups excluding carboxylic acids is 2. The van der Waals surface area contributed by atoms with Gasteiger partial charge in [0.1, 0.15) is 35.2 Å². The Balaban J connectivity index is 1.64. The first-order valence-corrected chi connectivity index (χ1v) is 10.7. The number of amides is 2. The highest BCUT2D eigenvalue weighted by atomic mass is 19.1. The maximum Gasteiger partial charge on any atom is 0.274 e. The van der Waals surface area contributed by atoms with Gasteiger partial charge in [0.15, 0.2) is 11.4 Å². The summed E-state index contributed by atoms with van der Waals surface area (Å²) in [6.45, 7) is -0.419. The Kier molecular flexibility index (Phi) is 4.99. The molecule has 180 valence electrons. The zero-order chi connectivity index (χ0) is 24.5. The second-order valence-electron chi connectivity index (χ2n) is 8.83. The van der Waals surface area contributed by atoms with E-state index in [1.54, 1.807) is 0 Å². The summed E-state index contributed by atoms with van der Waals surface area (Å²) in [5.74, 6) is -6.55. The van der Waals surface area contributed by atoms with E-state index >= 15 is 0 Å². The normalized spacial score (nSPS) is 25.2. The SMILES string of the molecule is O=C(NCc1c(F)cc(F)cc1F)c1c2n3c(c(O)c1=O)C(=O)N1CCCC[C@@]3(C1)[C@H](O)[C@H]2O. The lowest BCUT2D eigenvalue weighted by Gasteiger charge is -2.43. The van der Waals surface area contributed by atoms with Gasteiger partial charge in [0, 0.05) is 37.3 Å². The molecular weight excluding hydrogens is 459 g/mol. The molecule has 5 rings (SSSR count). The number of benzene rings is 1. The van der Waals surface area contributed by atoms with Crippen molar-refractivity contribution in [1.82, 2.24) is 14.8 Å². The van der Waals surface area contributed by atoms with Gasteiger partial charge in [-0.2, -0.15) is 0 Å². The molecule has 12 heteroatoms. The summed E-state index contributed by atoms with van der Waals surface area (Å²) in [7, 11) is 0. The van der Waals surface area contributed by atoms with Crippen molar-refractivity contribution in [2.75, 3.05) is 13.1 Å². The minimum atomic E-state index is -1.74. The van der Waals surface area contributed by atoms with Gasteiger partial charge in [-0.3, -0.25) is 14.4 Å². The summed E-state index contributed by atoms with van der Waals surface area (Å²) in [5.41, 5.74) is -4.72. The number of aromatic hydroxyl groups is 1.